The maximum atomic E-state index is 8.53. The molecule has 0 aliphatic rings. The van der Waals surface area contributed by atoms with E-state index in [2.05, 4.69) is 15.1 Å². The van der Waals surface area contributed by atoms with E-state index in [1.54, 1.807) is 0 Å². The molecule has 0 saturated heterocycles. The van der Waals surface area contributed by atoms with Gasteiger partial charge in [0.05, 0.1) is 12.4 Å². The SMILES string of the molecule is Cc1cc(Oc2cnc(C(N)=NO)cn2)cc(C)c1Cl. The summed E-state index contributed by atoms with van der Waals surface area (Å²) in [7, 11) is 0. The number of nitrogens with two attached hydrogens (primary N) is 1. The lowest BCUT2D eigenvalue weighted by Crippen LogP contribution is -2.15. The van der Waals surface area contributed by atoms with Crippen molar-refractivity contribution in [3.63, 3.8) is 0 Å². The lowest BCUT2D eigenvalue weighted by atomic mass is 10.1. The quantitative estimate of drug-likeness (QED) is 0.392. The highest BCUT2D eigenvalue weighted by Crippen LogP contribution is 2.28. The van der Waals surface area contributed by atoms with Gasteiger partial charge in [0.15, 0.2) is 5.84 Å². The van der Waals surface area contributed by atoms with Crippen LogP contribution in [-0.4, -0.2) is 21.0 Å². The van der Waals surface area contributed by atoms with E-state index in [9.17, 15) is 0 Å². The van der Waals surface area contributed by atoms with E-state index >= 15 is 0 Å². The summed E-state index contributed by atoms with van der Waals surface area (Å²) in [6.45, 7) is 3.80. The van der Waals surface area contributed by atoms with Crippen LogP contribution < -0.4 is 10.5 Å². The molecule has 0 bridgehead atoms. The number of halogens is 1. The third-order valence-electron chi connectivity index (χ3n) is 2.63. The summed E-state index contributed by atoms with van der Waals surface area (Å²) in [6, 6.07) is 3.63. The summed E-state index contributed by atoms with van der Waals surface area (Å²) in [5.41, 5.74) is 7.50. The number of aryl methyl sites for hydroxylation is 2. The van der Waals surface area contributed by atoms with Gasteiger partial charge in [-0.15, -0.1) is 0 Å². The molecule has 6 nitrogen and oxygen atoms in total. The van der Waals surface area contributed by atoms with E-state index in [0.29, 0.717) is 16.7 Å². The van der Waals surface area contributed by atoms with Crippen LogP contribution in [0.5, 0.6) is 11.6 Å². The second-order valence-corrected chi connectivity index (χ2v) is 4.58. The zero-order valence-corrected chi connectivity index (χ0v) is 11.7. The second-order valence-electron chi connectivity index (χ2n) is 4.20. The minimum atomic E-state index is -0.109. The fourth-order valence-corrected chi connectivity index (χ4v) is 1.75. The monoisotopic (exact) mass is 292 g/mol. The summed E-state index contributed by atoms with van der Waals surface area (Å²) in [6.07, 6.45) is 2.76. The molecular formula is C13H13ClN4O2. The number of hydrogen-bond acceptors (Lipinski definition) is 5. The highest BCUT2D eigenvalue weighted by molar-refractivity contribution is 6.32. The van der Waals surface area contributed by atoms with Crippen molar-refractivity contribution in [1.29, 1.82) is 0 Å². The van der Waals surface area contributed by atoms with Crippen molar-refractivity contribution in [2.24, 2.45) is 10.9 Å². The van der Waals surface area contributed by atoms with Crippen molar-refractivity contribution in [2.75, 3.05) is 0 Å². The van der Waals surface area contributed by atoms with Crippen molar-refractivity contribution in [3.8, 4) is 11.6 Å². The summed E-state index contributed by atoms with van der Waals surface area (Å²) in [5.74, 6) is 0.818. The van der Waals surface area contributed by atoms with Crippen LogP contribution in [0.1, 0.15) is 16.8 Å². The van der Waals surface area contributed by atoms with E-state index in [4.69, 9.17) is 27.3 Å². The third kappa shape index (κ3) is 2.97. The third-order valence-corrected chi connectivity index (χ3v) is 3.23. The van der Waals surface area contributed by atoms with Crippen molar-refractivity contribution in [1.82, 2.24) is 9.97 Å². The van der Waals surface area contributed by atoms with Gasteiger partial charge >= 0.3 is 0 Å². The normalized spacial score (nSPS) is 11.4. The first kappa shape index (κ1) is 14.1. The van der Waals surface area contributed by atoms with Gasteiger partial charge in [-0.05, 0) is 37.1 Å². The molecule has 1 aromatic heterocycles. The van der Waals surface area contributed by atoms with E-state index in [-0.39, 0.29) is 11.5 Å². The summed E-state index contributed by atoms with van der Waals surface area (Å²) in [5, 5.41) is 12.1. The molecule has 104 valence electrons. The van der Waals surface area contributed by atoms with Gasteiger partial charge in [-0.1, -0.05) is 16.8 Å². The molecule has 2 aromatic rings. The van der Waals surface area contributed by atoms with Crippen molar-refractivity contribution < 1.29 is 9.94 Å². The molecule has 20 heavy (non-hydrogen) atoms. The molecule has 0 fully saturated rings. The zero-order valence-electron chi connectivity index (χ0n) is 11.0. The smallest absolute Gasteiger partial charge is 0.237 e. The van der Waals surface area contributed by atoms with Crippen LogP contribution in [0.15, 0.2) is 29.7 Å². The molecule has 0 unspecified atom stereocenters. The number of ether oxygens (including phenoxy) is 1. The molecule has 7 heteroatoms. The molecule has 0 amide bonds. The number of rotatable bonds is 3. The highest BCUT2D eigenvalue weighted by atomic mass is 35.5. The van der Waals surface area contributed by atoms with Gasteiger partial charge in [0.1, 0.15) is 11.4 Å². The van der Waals surface area contributed by atoms with Gasteiger partial charge in [-0.3, -0.25) is 0 Å². The Morgan fingerprint density at radius 1 is 1.25 bits per heavy atom. The number of nitrogens with zero attached hydrogens (tertiary/aromatic N) is 3. The molecule has 3 N–H and O–H groups in total. The summed E-state index contributed by atoms with van der Waals surface area (Å²) < 4.78 is 5.59. The number of aromatic nitrogens is 2. The lowest BCUT2D eigenvalue weighted by Gasteiger charge is -2.08. The van der Waals surface area contributed by atoms with E-state index in [1.807, 2.05) is 26.0 Å². The number of amidine groups is 1. The predicted molar refractivity (Wildman–Crippen MR) is 75.5 cm³/mol. The van der Waals surface area contributed by atoms with Crippen molar-refractivity contribution in [2.45, 2.75) is 13.8 Å². The summed E-state index contributed by atoms with van der Waals surface area (Å²) >= 11 is 6.09. The molecule has 0 spiro atoms. The molecule has 0 atom stereocenters. The van der Waals surface area contributed by atoms with Gasteiger partial charge < -0.3 is 15.7 Å². The van der Waals surface area contributed by atoms with Crippen LogP contribution in [0.25, 0.3) is 0 Å². The average Bonchev–Trinajstić information content (AvgIpc) is 2.44. The Bertz CT molecular complexity index is 633. The minimum Gasteiger partial charge on any atom is -0.437 e. The van der Waals surface area contributed by atoms with E-state index < -0.39 is 0 Å². The van der Waals surface area contributed by atoms with E-state index in [0.717, 1.165) is 11.1 Å². The van der Waals surface area contributed by atoms with Gasteiger partial charge in [0.25, 0.3) is 0 Å². The lowest BCUT2D eigenvalue weighted by molar-refractivity contribution is 0.318. The zero-order chi connectivity index (χ0) is 14.7. The second kappa shape index (κ2) is 5.75. The van der Waals surface area contributed by atoms with Crippen LogP contribution in [0, 0.1) is 13.8 Å². The van der Waals surface area contributed by atoms with Gasteiger partial charge in [-0.2, -0.15) is 0 Å². The number of oxime groups is 1. The van der Waals surface area contributed by atoms with Crippen LogP contribution in [0.4, 0.5) is 0 Å². The largest absolute Gasteiger partial charge is 0.437 e. The topological polar surface area (TPSA) is 93.6 Å². The van der Waals surface area contributed by atoms with Gasteiger partial charge in [0.2, 0.25) is 5.88 Å². The number of benzene rings is 1. The number of hydrogen-bond donors (Lipinski definition) is 2. The fraction of sp³-hybridized carbons (Fsp3) is 0.154. The fourth-order valence-electron chi connectivity index (χ4n) is 1.64. The first-order valence-electron chi connectivity index (χ1n) is 5.76. The molecular weight excluding hydrogens is 280 g/mol. The van der Waals surface area contributed by atoms with Crippen LogP contribution in [0.3, 0.4) is 0 Å². The summed E-state index contributed by atoms with van der Waals surface area (Å²) in [4.78, 5) is 8.01. The van der Waals surface area contributed by atoms with E-state index in [1.165, 1.54) is 12.4 Å². The van der Waals surface area contributed by atoms with Crippen LogP contribution in [-0.2, 0) is 0 Å². The Labute approximate surface area is 120 Å². The maximum Gasteiger partial charge on any atom is 0.237 e. The Balaban J connectivity index is 2.22. The maximum absolute atomic E-state index is 8.53. The van der Waals surface area contributed by atoms with Crippen molar-refractivity contribution in [3.05, 3.63) is 46.4 Å². The Kier molecular flexibility index (Phi) is 4.05. The Morgan fingerprint density at radius 3 is 2.40 bits per heavy atom. The minimum absolute atomic E-state index is 0.109. The molecule has 0 radical (unpaired) electrons. The van der Waals surface area contributed by atoms with Gasteiger partial charge in [0, 0.05) is 5.02 Å². The predicted octanol–water partition coefficient (Wildman–Crippen LogP) is 2.63. The first-order chi connectivity index (χ1) is 9.51. The van der Waals surface area contributed by atoms with Gasteiger partial charge in [-0.25, -0.2) is 9.97 Å². The Hall–Kier alpha value is -2.34. The first-order valence-corrected chi connectivity index (χ1v) is 6.13. The molecule has 0 aliphatic heterocycles. The molecule has 0 saturated carbocycles. The molecule has 2 rings (SSSR count). The molecule has 0 aliphatic carbocycles. The highest BCUT2D eigenvalue weighted by Gasteiger charge is 2.07. The van der Waals surface area contributed by atoms with Crippen LogP contribution >= 0.6 is 11.6 Å². The molecule has 1 aromatic carbocycles. The van der Waals surface area contributed by atoms with Crippen molar-refractivity contribution >= 4 is 17.4 Å². The molecule has 1 heterocycles. The average molecular weight is 293 g/mol. The Morgan fingerprint density at radius 2 is 1.90 bits per heavy atom. The van der Waals surface area contributed by atoms with Crippen LogP contribution in [0.2, 0.25) is 5.02 Å². The standard InChI is InChI=1S/C13H13ClN4O2/c1-7-3-9(4-8(2)12(7)14)20-11-6-16-10(5-17-11)13(15)18-19/h3-6,19H,1-2H3,(H2,15,18).